The first-order chi connectivity index (χ1) is 11.7. The van der Waals surface area contributed by atoms with Crippen molar-refractivity contribution < 1.29 is 13.9 Å². The third-order valence-corrected chi connectivity index (χ3v) is 5.06. The smallest absolute Gasteiger partial charge is 0.287 e. The Kier molecular flexibility index (Phi) is 5.99. The van der Waals surface area contributed by atoms with Crippen LogP contribution in [0.2, 0.25) is 0 Å². The largest absolute Gasteiger partial charge is 0.455 e. The second-order valence-corrected chi connectivity index (χ2v) is 7.08. The fourth-order valence-corrected chi connectivity index (χ4v) is 3.52. The minimum Gasteiger partial charge on any atom is -0.455 e. The van der Waals surface area contributed by atoms with E-state index < -0.39 is 0 Å². The fraction of sp³-hybridized carbons (Fsp3) is 0.421. The molecular weight excluding hydrogens is 322 g/mol. The Labute approximate surface area is 147 Å². The third kappa shape index (κ3) is 4.89. The highest BCUT2D eigenvalue weighted by Gasteiger charge is 2.18. The van der Waals surface area contributed by atoms with Gasteiger partial charge in [-0.1, -0.05) is 29.8 Å². The average molecular weight is 345 g/mol. The molecule has 1 aliphatic rings. The molecule has 0 spiro atoms. The number of amides is 1. The van der Waals surface area contributed by atoms with Gasteiger partial charge in [0.15, 0.2) is 5.76 Å². The molecule has 2 aromatic rings. The van der Waals surface area contributed by atoms with Crippen LogP contribution in [0.3, 0.4) is 0 Å². The van der Waals surface area contributed by atoms with Crippen molar-refractivity contribution in [2.45, 2.75) is 37.4 Å². The van der Waals surface area contributed by atoms with Gasteiger partial charge in [-0.2, -0.15) is 0 Å². The van der Waals surface area contributed by atoms with E-state index in [0.717, 1.165) is 36.7 Å². The van der Waals surface area contributed by atoms with Crippen LogP contribution in [0.1, 0.15) is 40.3 Å². The zero-order chi connectivity index (χ0) is 16.8. The predicted octanol–water partition coefficient (Wildman–Crippen LogP) is 3.93. The summed E-state index contributed by atoms with van der Waals surface area (Å²) in [6.07, 6.45) is 2.23. The van der Waals surface area contributed by atoms with Crippen LogP contribution in [0, 0.1) is 6.92 Å². The number of furan rings is 1. The summed E-state index contributed by atoms with van der Waals surface area (Å²) in [5.74, 6) is 2.72. The van der Waals surface area contributed by atoms with Gasteiger partial charge in [0.1, 0.15) is 5.76 Å². The first-order valence-electron chi connectivity index (χ1n) is 8.32. The van der Waals surface area contributed by atoms with Crippen molar-refractivity contribution in [3.8, 4) is 0 Å². The number of rotatable bonds is 7. The SMILES string of the molecule is Cc1ccc(CSCc2ccc(C(=O)NCC3CCCO3)o2)cc1. The summed E-state index contributed by atoms with van der Waals surface area (Å²) in [6, 6.07) is 12.2. The highest BCUT2D eigenvalue weighted by Crippen LogP contribution is 2.20. The second-order valence-electron chi connectivity index (χ2n) is 6.09. The molecule has 1 aromatic carbocycles. The van der Waals surface area contributed by atoms with Gasteiger partial charge in [0.2, 0.25) is 0 Å². The molecule has 1 aromatic heterocycles. The molecule has 4 nitrogen and oxygen atoms in total. The lowest BCUT2D eigenvalue weighted by molar-refractivity contribution is 0.0834. The highest BCUT2D eigenvalue weighted by atomic mass is 32.2. The van der Waals surface area contributed by atoms with E-state index in [1.54, 1.807) is 17.8 Å². The molecule has 1 saturated heterocycles. The van der Waals surface area contributed by atoms with Crippen molar-refractivity contribution in [1.29, 1.82) is 0 Å². The lowest BCUT2D eigenvalue weighted by Gasteiger charge is -2.09. The van der Waals surface area contributed by atoms with Crippen LogP contribution in [0.5, 0.6) is 0 Å². The normalized spacial score (nSPS) is 17.1. The topological polar surface area (TPSA) is 51.5 Å². The zero-order valence-electron chi connectivity index (χ0n) is 13.9. The van der Waals surface area contributed by atoms with Gasteiger partial charge in [-0.05, 0) is 37.5 Å². The molecule has 1 unspecified atom stereocenters. The van der Waals surface area contributed by atoms with E-state index in [4.69, 9.17) is 9.15 Å². The maximum absolute atomic E-state index is 12.1. The minimum absolute atomic E-state index is 0.147. The quantitative estimate of drug-likeness (QED) is 0.826. The number of benzene rings is 1. The van der Waals surface area contributed by atoms with E-state index in [1.807, 2.05) is 6.07 Å². The number of aryl methyl sites for hydroxylation is 1. The van der Waals surface area contributed by atoms with Gasteiger partial charge in [-0.3, -0.25) is 4.79 Å². The highest BCUT2D eigenvalue weighted by molar-refractivity contribution is 7.97. The predicted molar refractivity (Wildman–Crippen MR) is 96.2 cm³/mol. The van der Waals surface area contributed by atoms with Crippen LogP contribution in [0.15, 0.2) is 40.8 Å². The molecule has 1 aliphatic heterocycles. The molecule has 2 heterocycles. The average Bonchev–Trinajstić information content (AvgIpc) is 3.26. The van der Waals surface area contributed by atoms with Crippen molar-refractivity contribution in [3.05, 3.63) is 59.0 Å². The molecule has 128 valence electrons. The van der Waals surface area contributed by atoms with Crippen LogP contribution in [-0.4, -0.2) is 25.2 Å². The second kappa shape index (κ2) is 8.40. The Bertz CT molecular complexity index is 660. The van der Waals surface area contributed by atoms with Crippen molar-refractivity contribution >= 4 is 17.7 Å². The van der Waals surface area contributed by atoms with Gasteiger partial charge in [0.05, 0.1) is 11.9 Å². The molecule has 1 amide bonds. The maximum Gasteiger partial charge on any atom is 0.287 e. The van der Waals surface area contributed by atoms with Crippen LogP contribution >= 0.6 is 11.8 Å². The molecular formula is C19H23NO3S. The van der Waals surface area contributed by atoms with Gasteiger partial charge in [-0.25, -0.2) is 0 Å². The van der Waals surface area contributed by atoms with Crippen molar-refractivity contribution in [1.82, 2.24) is 5.32 Å². The molecule has 1 N–H and O–H groups in total. The Balaban J connectivity index is 1.42. The van der Waals surface area contributed by atoms with Gasteiger partial charge in [0.25, 0.3) is 5.91 Å². The van der Waals surface area contributed by atoms with E-state index in [-0.39, 0.29) is 12.0 Å². The number of carbonyl (C=O) groups is 1. The van der Waals surface area contributed by atoms with E-state index in [0.29, 0.717) is 12.3 Å². The van der Waals surface area contributed by atoms with Gasteiger partial charge in [-0.15, -0.1) is 11.8 Å². The Morgan fingerprint density at radius 2 is 2.04 bits per heavy atom. The van der Waals surface area contributed by atoms with Gasteiger partial charge >= 0.3 is 0 Å². The van der Waals surface area contributed by atoms with Crippen LogP contribution in [0.4, 0.5) is 0 Å². The molecule has 0 radical (unpaired) electrons. The van der Waals surface area contributed by atoms with Gasteiger partial charge in [0, 0.05) is 18.9 Å². The van der Waals surface area contributed by atoms with Crippen molar-refractivity contribution in [3.63, 3.8) is 0 Å². The molecule has 0 saturated carbocycles. The number of carbonyl (C=O) groups excluding carboxylic acids is 1. The van der Waals surface area contributed by atoms with Gasteiger partial charge < -0.3 is 14.5 Å². The summed E-state index contributed by atoms with van der Waals surface area (Å²) in [4.78, 5) is 12.1. The van der Waals surface area contributed by atoms with E-state index in [2.05, 4.69) is 36.5 Å². The monoisotopic (exact) mass is 345 g/mol. The fourth-order valence-electron chi connectivity index (χ4n) is 2.63. The summed E-state index contributed by atoms with van der Waals surface area (Å²) in [5.41, 5.74) is 2.57. The number of ether oxygens (including phenoxy) is 1. The number of hydrogen-bond acceptors (Lipinski definition) is 4. The minimum atomic E-state index is -0.166. The standard InChI is InChI=1S/C19H23NO3S/c1-14-4-6-15(7-5-14)12-24-13-17-8-9-18(23-17)19(21)20-11-16-3-2-10-22-16/h4-9,16H,2-3,10-13H2,1H3,(H,20,21). The molecule has 3 rings (SSSR count). The Morgan fingerprint density at radius 3 is 2.79 bits per heavy atom. The lowest BCUT2D eigenvalue weighted by atomic mass is 10.2. The van der Waals surface area contributed by atoms with E-state index >= 15 is 0 Å². The summed E-state index contributed by atoms with van der Waals surface area (Å²) in [6.45, 7) is 3.44. The summed E-state index contributed by atoms with van der Waals surface area (Å²) < 4.78 is 11.1. The third-order valence-electron chi connectivity index (χ3n) is 4.03. The molecule has 1 atom stereocenters. The lowest BCUT2D eigenvalue weighted by Crippen LogP contribution is -2.31. The van der Waals surface area contributed by atoms with Crippen LogP contribution in [-0.2, 0) is 16.2 Å². The Morgan fingerprint density at radius 1 is 1.21 bits per heavy atom. The summed E-state index contributed by atoms with van der Waals surface area (Å²) >= 11 is 1.78. The first-order valence-corrected chi connectivity index (χ1v) is 9.48. The number of nitrogens with one attached hydrogen (secondary N) is 1. The van der Waals surface area contributed by atoms with Crippen molar-refractivity contribution in [2.75, 3.05) is 13.2 Å². The number of thioether (sulfide) groups is 1. The van der Waals surface area contributed by atoms with E-state index in [1.165, 1.54) is 11.1 Å². The number of hydrogen-bond donors (Lipinski definition) is 1. The molecule has 5 heteroatoms. The molecule has 0 aliphatic carbocycles. The molecule has 0 bridgehead atoms. The zero-order valence-corrected chi connectivity index (χ0v) is 14.7. The summed E-state index contributed by atoms with van der Waals surface area (Å²) in [5, 5.41) is 2.88. The maximum atomic E-state index is 12.1. The molecule has 1 fully saturated rings. The van der Waals surface area contributed by atoms with Crippen molar-refractivity contribution in [2.24, 2.45) is 0 Å². The summed E-state index contributed by atoms with van der Waals surface area (Å²) in [7, 11) is 0. The molecule has 24 heavy (non-hydrogen) atoms. The van der Waals surface area contributed by atoms with Crippen LogP contribution in [0.25, 0.3) is 0 Å². The van der Waals surface area contributed by atoms with Crippen LogP contribution < -0.4 is 5.32 Å². The first kappa shape index (κ1) is 17.1. The van der Waals surface area contributed by atoms with E-state index in [9.17, 15) is 4.79 Å². The Hall–Kier alpha value is -1.72.